The fourth-order valence-electron chi connectivity index (χ4n) is 5.34. The first-order valence-electron chi connectivity index (χ1n) is 11.0. The maximum atomic E-state index is 14.5. The second-order valence-electron chi connectivity index (χ2n) is 9.02. The van der Waals surface area contributed by atoms with E-state index >= 15 is 0 Å². The first kappa shape index (κ1) is 19.4. The standard InChI is InChI=1S/C24H25FN6O/c1-12-3-4-15(9-28-12)32-24-29-21-8-16-17(6-14(25)7-20(16)27-2)22(21)23(30-24)31-10-13-5-19(26)18(13)11-31/h3-4,6-7,9,13,18-19,27H,5,8,10-11,26H2,1-2H3. The predicted octanol–water partition coefficient (Wildman–Crippen LogP) is 3.51. The molecule has 3 atom stereocenters. The summed E-state index contributed by atoms with van der Waals surface area (Å²) in [4.78, 5) is 16.1. The topological polar surface area (TPSA) is 89.2 Å². The van der Waals surface area contributed by atoms with Crippen LogP contribution >= 0.6 is 0 Å². The lowest BCUT2D eigenvalue weighted by Gasteiger charge is -2.36. The smallest absolute Gasteiger partial charge is 0.324 e. The number of fused-ring (bicyclic) bond motifs is 4. The molecule has 3 aromatic rings. The number of rotatable bonds is 4. The van der Waals surface area contributed by atoms with Crippen molar-refractivity contribution < 1.29 is 9.13 Å². The maximum Gasteiger partial charge on any atom is 0.324 e. The number of ether oxygens (including phenoxy) is 1. The number of aromatic nitrogens is 3. The fourth-order valence-corrected chi connectivity index (χ4v) is 5.34. The van der Waals surface area contributed by atoms with Gasteiger partial charge in [-0.2, -0.15) is 9.97 Å². The summed E-state index contributed by atoms with van der Waals surface area (Å²) in [7, 11) is 1.81. The molecule has 1 saturated carbocycles. The van der Waals surface area contributed by atoms with E-state index < -0.39 is 0 Å². The van der Waals surface area contributed by atoms with Crippen molar-refractivity contribution >= 4 is 11.5 Å². The van der Waals surface area contributed by atoms with Gasteiger partial charge in [0.15, 0.2) is 0 Å². The SMILES string of the molecule is CNc1cc(F)cc2c1Cc1nc(Oc3ccc(C)nc3)nc(N3CC4CC(N)C4C3)c1-2. The van der Waals surface area contributed by atoms with Gasteiger partial charge in [-0.25, -0.2) is 4.39 Å². The van der Waals surface area contributed by atoms with Gasteiger partial charge in [0.25, 0.3) is 0 Å². The molecule has 2 aliphatic carbocycles. The first-order chi connectivity index (χ1) is 15.5. The number of nitrogens with two attached hydrogens (primary N) is 1. The van der Waals surface area contributed by atoms with Crippen LogP contribution in [0.3, 0.4) is 0 Å². The fraction of sp³-hybridized carbons (Fsp3) is 0.375. The van der Waals surface area contributed by atoms with Crippen LogP contribution in [0, 0.1) is 24.6 Å². The average molecular weight is 433 g/mol. The van der Waals surface area contributed by atoms with Crippen molar-refractivity contribution in [1.82, 2.24) is 15.0 Å². The quantitative estimate of drug-likeness (QED) is 0.510. The molecule has 1 aliphatic heterocycles. The third-order valence-corrected chi connectivity index (χ3v) is 7.05. The molecule has 0 spiro atoms. The number of hydrogen-bond acceptors (Lipinski definition) is 7. The van der Waals surface area contributed by atoms with Crippen LogP contribution in [0.2, 0.25) is 0 Å². The first-order valence-corrected chi connectivity index (χ1v) is 11.0. The molecule has 0 amide bonds. The Hall–Kier alpha value is -3.26. The summed E-state index contributed by atoms with van der Waals surface area (Å²) >= 11 is 0. The van der Waals surface area contributed by atoms with Crippen LogP contribution in [0.4, 0.5) is 15.9 Å². The zero-order valence-corrected chi connectivity index (χ0v) is 18.1. The Bertz CT molecular complexity index is 1210. The van der Waals surface area contributed by atoms with Crippen molar-refractivity contribution in [2.75, 3.05) is 30.4 Å². The number of pyridine rings is 1. The molecule has 164 valence electrons. The molecule has 2 fully saturated rings. The number of anilines is 2. The molecule has 3 N–H and O–H groups in total. The summed E-state index contributed by atoms with van der Waals surface area (Å²) < 4.78 is 20.5. The zero-order valence-electron chi connectivity index (χ0n) is 18.1. The largest absolute Gasteiger partial charge is 0.423 e. The van der Waals surface area contributed by atoms with Gasteiger partial charge in [-0.15, -0.1) is 0 Å². The second kappa shape index (κ2) is 7.13. The number of hydrogen-bond donors (Lipinski definition) is 2. The van der Waals surface area contributed by atoms with Gasteiger partial charge in [0, 0.05) is 49.5 Å². The molecule has 2 aromatic heterocycles. The lowest BCUT2D eigenvalue weighted by molar-refractivity contribution is 0.194. The minimum atomic E-state index is -0.276. The van der Waals surface area contributed by atoms with E-state index in [1.54, 1.807) is 12.3 Å². The predicted molar refractivity (Wildman–Crippen MR) is 121 cm³/mol. The van der Waals surface area contributed by atoms with E-state index in [2.05, 4.69) is 15.2 Å². The van der Waals surface area contributed by atoms with Crippen molar-refractivity contribution in [3.63, 3.8) is 0 Å². The summed E-state index contributed by atoms with van der Waals surface area (Å²) in [5.74, 6) is 2.18. The Kier molecular flexibility index (Phi) is 4.33. The lowest BCUT2D eigenvalue weighted by Crippen LogP contribution is -2.46. The summed E-state index contributed by atoms with van der Waals surface area (Å²) in [6.45, 7) is 3.68. The van der Waals surface area contributed by atoms with Crippen LogP contribution in [0.15, 0.2) is 30.5 Å². The van der Waals surface area contributed by atoms with E-state index in [-0.39, 0.29) is 17.9 Å². The highest BCUT2D eigenvalue weighted by atomic mass is 19.1. The molecule has 6 rings (SSSR count). The molecular formula is C24H25FN6O. The summed E-state index contributed by atoms with van der Waals surface area (Å²) in [5.41, 5.74) is 11.6. The molecule has 7 nitrogen and oxygen atoms in total. The van der Waals surface area contributed by atoms with E-state index in [4.69, 9.17) is 20.4 Å². The number of aryl methyl sites for hydroxylation is 1. The Morgan fingerprint density at radius 3 is 2.81 bits per heavy atom. The van der Waals surface area contributed by atoms with E-state index in [1.807, 2.05) is 26.1 Å². The lowest BCUT2D eigenvalue weighted by atomic mass is 9.72. The van der Waals surface area contributed by atoms with Crippen LogP contribution in [-0.4, -0.2) is 41.1 Å². The summed E-state index contributed by atoms with van der Waals surface area (Å²) in [6.07, 6.45) is 3.31. The molecule has 8 heteroatoms. The van der Waals surface area contributed by atoms with Crippen molar-refractivity contribution in [3.05, 3.63) is 53.2 Å². The average Bonchev–Trinajstić information content (AvgIpc) is 3.31. The van der Waals surface area contributed by atoms with Crippen molar-refractivity contribution in [2.45, 2.75) is 25.8 Å². The number of nitrogens with one attached hydrogen (secondary N) is 1. The number of halogens is 1. The highest BCUT2D eigenvalue weighted by Crippen LogP contribution is 2.48. The highest BCUT2D eigenvalue weighted by molar-refractivity contribution is 5.88. The van der Waals surface area contributed by atoms with Gasteiger partial charge in [-0.1, -0.05) is 0 Å². The normalized spacial score (nSPS) is 22.8. The monoisotopic (exact) mass is 432 g/mol. The van der Waals surface area contributed by atoms with Crippen LogP contribution in [0.1, 0.15) is 23.4 Å². The van der Waals surface area contributed by atoms with Crippen molar-refractivity contribution in [3.8, 4) is 22.9 Å². The van der Waals surface area contributed by atoms with E-state index in [9.17, 15) is 4.39 Å². The van der Waals surface area contributed by atoms with Gasteiger partial charge in [-0.3, -0.25) is 4.98 Å². The number of nitrogens with zero attached hydrogens (tertiary/aromatic N) is 4. The number of benzene rings is 1. The van der Waals surface area contributed by atoms with Gasteiger partial charge in [0.05, 0.1) is 11.9 Å². The van der Waals surface area contributed by atoms with E-state index in [1.165, 1.54) is 6.07 Å². The third-order valence-electron chi connectivity index (χ3n) is 7.05. The Morgan fingerprint density at radius 1 is 1.22 bits per heavy atom. The molecule has 0 bridgehead atoms. The molecule has 0 radical (unpaired) electrons. The zero-order chi connectivity index (χ0) is 22.0. The Balaban J connectivity index is 1.46. The Morgan fingerprint density at radius 2 is 2.09 bits per heavy atom. The third kappa shape index (κ3) is 3.01. The molecule has 1 saturated heterocycles. The van der Waals surface area contributed by atoms with E-state index in [0.717, 1.165) is 59.1 Å². The molecule has 32 heavy (non-hydrogen) atoms. The minimum absolute atomic E-state index is 0.245. The minimum Gasteiger partial charge on any atom is -0.423 e. The van der Waals surface area contributed by atoms with Gasteiger partial charge in [0.1, 0.15) is 17.4 Å². The van der Waals surface area contributed by atoms with Crippen LogP contribution in [0.5, 0.6) is 11.8 Å². The van der Waals surface area contributed by atoms with E-state index in [0.29, 0.717) is 24.0 Å². The Labute approximate surface area is 185 Å². The second-order valence-corrected chi connectivity index (χ2v) is 9.02. The summed E-state index contributed by atoms with van der Waals surface area (Å²) in [6, 6.07) is 7.40. The van der Waals surface area contributed by atoms with Crippen molar-refractivity contribution in [1.29, 1.82) is 0 Å². The molecular weight excluding hydrogens is 407 g/mol. The molecule has 3 aliphatic rings. The molecule has 1 aromatic carbocycles. The molecule has 3 unspecified atom stereocenters. The van der Waals surface area contributed by atoms with Crippen LogP contribution < -0.4 is 20.7 Å². The molecule has 3 heterocycles. The highest BCUT2D eigenvalue weighted by Gasteiger charge is 2.46. The van der Waals surface area contributed by atoms with Crippen LogP contribution in [-0.2, 0) is 6.42 Å². The van der Waals surface area contributed by atoms with Crippen molar-refractivity contribution in [2.24, 2.45) is 17.6 Å². The maximum absolute atomic E-state index is 14.5. The van der Waals surface area contributed by atoms with Gasteiger partial charge in [-0.05, 0) is 60.6 Å². The van der Waals surface area contributed by atoms with Gasteiger partial charge < -0.3 is 20.7 Å². The van der Waals surface area contributed by atoms with Crippen LogP contribution in [0.25, 0.3) is 11.1 Å². The van der Waals surface area contributed by atoms with Gasteiger partial charge in [0.2, 0.25) is 0 Å². The van der Waals surface area contributed by atoms with Gasteiger partial charge >= 0.3 is 6.01 Å². The summed E-state index contributed by atoms with van der Waals surface area (Å²) in [5, 5.41) is 3.12.